The molecule has 5 nitrogen and oxygen atoms in total. The van der Waals surface area contributed by atoms with Gasteiger partial charge in [0.25, 0.3) is 5.56 Å². The average molecular weight is 518 g/mol. The number of pyridine rings is 1. The third-order valence-corrected chi connectivity index (χ3v) is 6.60. The van der Waals surface area contributed by atoms with Gasteiger partial charge in [-0.2, -0.15) is 0 Å². The lowest BCUT2D eigenvalue weighted by atomic mass is 10.1. The molecule has 1 heterocycles. The van der Waals surface area contributed by atoms with Crippen LogP contribution in [0.4, 0.5) is 0 Å². The minimum atomic E-state index is -0.166. The van der Waals surface area contributed by atoms with Crippen molar-refractivity contribution >= 4 is 10.9 Å². The van der Waals surface area contributed by atoms with Gasteiger partial charge >= 0.3 is 0 Å². The third-order valence-electron chi connectivity index (χ3n) is 6.60. The summed E-state index contributed by atoms with van der Waals surface area (Å²) < 4.78 is 19.9. The second-order valence-electron chi connectivity index (χ2n) is 10.0. The monoisotopic (exact) mass is 517 g/mol. The van der Waals surface area contributed by atoms with Crippen molar-refractivity contribution in [2.24, 2.45) is 0 Å². The second kappa shape index (κ2) is 15.1. The predicted octanol–water partition coefficient (Wildman–Crippen LogP) is 8.24. The number of aromatic nitrogens is 1. The van der Waals surface area contributed by atoms with E-state index in [1.54, 1.807) is 7.11 Å². The van der Waals surface area contributed by atoms with Gasteiger partial charge in [0.2, 0.25) is 5.75 Å². The molecule has 0 aliphatic heterocycles. The highest BCUT2D eigenvalue weighted by molar-refractivity contribution is 5.89. The molecule has 0 unspecified atom stereocenters. The van der Waals surface area contributed by atoms with E-state index in [9.17, 15) is 4.79 Å². The number of rotatable bonds is 15. The molecule has 0 amide bonds. The zero-order valence-corrected chi connectivity index (χ0v) is 23.7. The van der Waals surface area contributed by atoms with E-state index in [2.05, 4.69) is 39.8 Å². The van der Waals surface area contributed by atoms with Gasteiger partial charge < -0.3 is 18.8 Å². The van der Waals surface area contributed by atoms with Gasteiger partial charge in [0.1, 0.15) is 19.0 Å². The largest absolute Gasteiger partial charge is 0.497 e. The number of fused-ring (bicyclic) bond motifs is 1. The number of unbranched alkanes of at least 4 members (excludes halogenated alkanes) is 3. The molecular formula is C33H43NO4. The predicted molar refractivity (Wildman–Crippen MR) is 158 cm³/mol. The Kier molecular flexibility index (Phi) is 11.5. The van der Waals surface area contributed by atoms with E-state index in [0.29, 0.717) is 31.3 Å². The first-order chi connectivity index (χ1) is 18.4. The van der Waals surface area contributed by atoms with Crippen molar-refractivity contribution in [2.45, 2.75) is 79.4 Å². The molecule has 0 fully saturated rings. The Balaban J connectivity index is 2.00. The zero-order chi connectivity index (χ0) is 27.3. The van der Waals surface area contributed by atoms with Crippen molar-refractivity contribution in [1.82, 2.24) is 4.57 Å². The van der Waals surface area contributed by atoms with Gasteiger partial charge in [-0.15, -0.1) is 0 Å². The quantitative estimate of drug-likeness (QED) is 0.150. The van der Waals surface area contributed by atoms with Crippen molar-refractivity contribution in [1.29, 1.82) is 0 Å². The number of hydrogen-bond donors (Lipinski definition) is 0. The lowest BCUT2D eigenvalue weighted by molar-refractivity contribution is 0.274. The maximum atomic E-state index is 13.9. The maximum absolute atomic E-state index is 13.9. The van der Waals surface area contributed by atoms with Crippen LogP contribution >= 0.6 is 0 Å². The minimum Gasteiger partial charge on any atom is -0.497 e. The number of benzene rings is 2. The SMILES string of the molecule is CCCCCCn1c(=O)c(OC/C=C(\C)CCC=C(C)C)c(OCc2ccccc2)c2ccc(OC)cc21. The van der Waals surface area contributed by atoms with Crippen LogP contribution in [0.2, 0.25) is 0 Å². The first-order valence-corrected chi connectivity index (χ1v) is 13.8. The van der Waals surface area contributed by atoms with Gasteiger partial charge in [0, 0.05) is 18.0 Å². The highest BCUT2D eigenvalue weighted by Gasteiger charge is 2.20. The molecular weight excluding hydrogens is 474 g/mol. The summed E-state index contributed by atoms with van der Waals surface area (Å²) >= 11 is 0. The molecule has 204 valence electrons. The van der Waals surface area contributed by atoms with E-state index < -0.39 is 0 Å². The Bertz CT molecular complexity index is 1280. The van der Waals surface area contributed by atoms with Gasteiger partial charge in [0.05, 0.1) is 12.6 Å². The van der Waals surface area contributed by atoms with Crippen molar-refractivity contribution < 1.29 is 14.2 Å². The molecule has 1 aromatic heterocycles. The summed E-state index contributed by atoms with van der Waals surface area (Å²) in [6.45, 7) is 9.80. The molecule has 38 heavy (non-hydrogen) atoms. The lowest BCUT2D eigenvalue weighted by Crippen LogP contribution is -2.24. The van der Waals surface area contributed by atoms with Gasteiger partial charge in [0.15, 0.2) is 5.75 Å². The number of ether oxygens (including phenoxy) is 3. The number of allylic oxidation sites excluding steroid dienone is 3. The number of methoxy groups -OCH3 is 1. The Hall–Kier alpha value is -3.47. The topological polar surface area (TPSA) is 49.7 Å². The van der Waals surface area contributed by atoms with E-state index in [0.717, 1.165) is 55.0 Å². The van der Waals surface area contributed by atoms with Gasteiger partial charge in [-0.1, -0.05) is 73.7 Å². The highest BCUT2D eigenvalue weighted by atomic mass is 16.5. The molecule has 0 aliphatic carbocycles. The molecule has 0 saturated carbocycles. The van der Waals surface area contributed by atoms with Crippen molar-refractivity contribution in [3.8, 4) is 17.2 Å². The molecule has 0 bridgehead atoms. The van der Waals surface area contributed by atoms with Crippen LogP contribution in [0.25, 0.3) is 10.9 Å². The van der Waals surface area contributed by atoms with Crippen molar-refractivity contribution in [3.63, 3.8) is 0 Å². The van der Waals surface area contributed by atoms with Crippen LogP contribution in [-0.4, -0.2) is 18.3 Å². The number of hydrogen-bond acceptors (Lipinski definition) is 4. The molecule has 0 aliphatic rings. The molecule has 0 N–H and O–H groups in total. The summed E-state index contributed by atoms with van der Waals surface area (Å²) in [6.07, 6.45) is 10.5. The smallest absolute Gasteiger partial charge is 0.297 e. The van der Waals surface area contributed by atoms with Crippen LogP contribution in [0.1, 0.15) is 71.8 Å². The van der Waals surface area contributed by atoms with Gasteiger partial charge in [-0.05, 0) is 63.8 Å². The standard InChI is InChI=1S/C33H43NO4/c1-6-7-8-12-21-34-30-23-28(36-5)18-19-29(30)31(38-24-27-16-10-9-11-17-27)32(33(34)35)37-22-20-26(4)15-13-14-25(2)3/h9-11,14,16-20,23H,6-8,12-13,15,21-22,24H2,1-5H3/b26-20+. The van der Waals surface area contributed by atoms with Gasteiger partial charge in [-0.25, -0.2) is 0 Å². The fourth-order valence-electron chi connectivity index (χ4n) is 4.38. The van der Waals surface area contributed by atoms with E-state index in [1.807, 2.05) is 53.1 Å². The summed E-state index contributed by atoms with van der Waals surface area (Å²) in [4.78, 5) is 13.9. The molecule has 3 aromatic rings. The van der Waals surface area contributed by atoms with Crippen LogP contribution in [0, 0.1) is 0 Å². The normalized spacial score (nSPS) is 11.4. The first kappa shape index (κ1) is 29.1. The Labute approximate surface area is 227 Å². The van der Waals surface area contributed by atoms with E-state index in [1.165, 1.54) is 11.1 Å². The summed E-state index contributed by atoms with van der Waals surface area (Å²) in [5.74, 6) is 1.45. The van der Waals surface area contributed by atoms with Crippen LogP contribution < -0.4 is 19.8 Å². The van der Waals surface area contributed by atoms with Crippen LogP contribution in [-0.2, 0) is 13.2 Å². The lowest BCUT2D eigenvalue weighted by Gasteiger charge is -2.19. The molecule has 5 heteroatoms. The fourth-order valence-corrected chi connectivity index (χ4v) is 4.38. The first-order valence-electron chi connectivity index (χ1n) is 13.8. The average Bonchev–Trinajstić information content (AvgIpc) is 2.92. The van der Waals surface area contributed by atoms with Crippen LogP contribution in [0.15, 0.2) is 76.6 Å². The third kappa shape index (κ3) is 8.27. The fraction of sp³-hybridized carbons (Fsp3) is 0.424. The minimum absolute atomic E-state index is 0.166. The summed E-state index contributed by atoms with van der Waals surface area (Å²) in [5.41, 5.74) is 4.22. The molecule has 0 saturated heterocycles. The maximum Gasteiger partial charge on any atom is 0.297 e. The Morgan fingerprint density at radius 1 is 0.921 bits per heavy atom. The van der Waals surface area contributed by atoms with Crippen molar-refractivity contribution in [3.05, 3.63) is 87.7 Å². The van der Waals surface area contributed by atoms with Crippen LogP contribution in [0.3, 0.4) is 0 Å². The van der Waals surface area contributed by atoms with Crippen LogP contribution in [0.5, 0.6) is 17.2 Å². The Morgan fingerprint density at radius 3 is 2.42 bits per heavy atom. The van der Waals surface area contributed by atoms with E-state index >= 15 is 0 Å². The zero-order valence-electron chi connectivity index (χ0n) is 23.7. The summed E-state index contributed by atoms with van der Waals surface area (Å²) in [7, 11) is 1.64. The highest BCUT2D eigenvalue weighted by Crippen LogP contribution is 2.35. The molecule has 0 radical (unpaired) electrons. The second-order valence-corrected chi connectivity index (χ2v) is 10.0. The molecule has 2 aromatic carbocycles. The van der Waals surface area contributed by atoms with Crippen molar-refractivity contribution in [2.75, 3.05) is 13.7 Å². The number of aryl methyl sites for hydroxylation is 1. The molecule has 0 atom stereocenters. The number of nitrogens with zero attached hydrogens (tertiary/aromatic N) is 1. The van der Waals surface area contributed by atoms with Gasteiger partial charge in [-0.3, -0.25) is 4.79 Å². The van der Waals surface area contributed by atoms with E-state index in [-0.39, 0.29) is 11.3 Å². The molecule has 3 rings (SSSR count). The molecule has 0 spiro atoms. The summed E-state index contributed by atoms with van der Waals surface area (Å²) in [5, 5.41) is 0.844. The Morgan fingerprint density at radius 2 is 1.71 bits per heavy atom. The van der Waals surface area contributed by atoms with E-state index in [4.69, 9.17) is 14.2 Å². The summed E-state index contributed by atoms with van der Waals surface area (Å²) in [6, 6.07) is 15.8.